The molecule has 0 bridgehead atoms. The Labute approximate surface area is 187 Å². The van der Waals surface area contributed by atoms with Crippen LogP contribution < -0.4 is 11.1 Å². The third kappa shape index (κ3) is 5.98. The highest BCUT2D eigenvalue weighted by molar-refractivity contribution is 5.78. The Hall–Kier alpha value is -2.20. The Morgan fingerprint density at radius 2 is 1.56 bits per heavy atom. The molecule has 2 saturated heterocycles. The molecule has 176 valence electrons. The standard InChI is InChI=1S/C23H32N2O7/c24-23(27)32-14-16-1-4-17(5-2-16)20(26)25-8-7-15-3-6-18(21-28-9-10-29-21)19(13-15)22-30-11-12-31-22/h3,6,13,16-17,21-22H,1-2,4-5,7-12,14H2,(H2,24,27)(H,25,26)/t16-,17-. The van der Waals surface area contributed by atoms with Crippen LogP contribution in [0.3, 0.4) is 0 Å². The van der Waals surface area contributed by atoms with Gasteiger partial charge >= 0.3 is 6.09 Å². The molecule has 1 aromatic rings. The summed E-state index contributed by atoms with van der Waals surface area (Å²) in [4.78, 5) is 23.3. The lowest BCUT2D eigenvalue weighted by atomic mass is 9.82. The van der Waals surface area contributed by atoms with Gasteiger partial charge in [-0.15, -0.1) is 0 Å². The minimum Gasteiger partial charge on any atom is -0.449 e. The molecular formula is C23H32N2O7. The summed E-state index contributed by atoms with van der Waals surface area (Å²) in [6.45, 7) is 3.18. The van der Waals surface area contributed by atoms with Crippen LogP contribution in [0.1, 0.15) is 55.0 Å². The lowest BCUT2D eigenvalue weighted by Crippen LogP contribution is -2.35. The molecule has 2 heterocycles. The number of carbonyl (C=O) groups is 2. The summed E-state index contributed by atoms with van der Waals surface area (Å²) in [5, 5.41) is 3.07. The summed E-state index contributed by atoms with van der Waals surface area (Å²) in [5.41, 5.74) is 7.97. The van der Waals surface area contributed by atoms with Crippen LogP contribution in [0.2, 0.25) is 0 Å². The summed E-state index contributed by atoms with van der Waals surface area (Å²) in [5.74, 6) is 0.386. The van der Waals surface area contributed by atoms with Crippen LogP contribution in [0, 0.1) is 11.8 Å². The van der Waals surface area contributed by atoms with Crippen molar-refractivity contribution in [2.75, 3.05) is 39.6 Å². The van der Waals surface area contributed by atoms with Gasteiger partial charge in [0.05, 0.1) is 33.0 Å². The van der Waals surface area contributed by atoms with Crippen LogP contribution in [0.5, 0.6) is 0 Å². The fourth-order valence-corrected chi connectivity index (χ4v) is 4.54. The molecule has 4 rings (SSSR count). The summed E-state index contributed by atoms with van der Waals surface area (Å²) in [6.07, 6.45) is 2.49. The smallest absolute Gasteiger partial charge is 0.404 e. The Balaban J connectivity index is 1.27. The Bertz CT molecular complexity index is 783. The number of hydrogen-bond acceptors (Lipinski definition) is 7. The van der Waals surface area contributed by atoms with E-state index >= 15 is 0 Å². The van der Waals surface area contributed by atoms with E-state index in [-0.39, 0.29) is 17.7 Å². The number of benzene rings is 1. The van der Waals surface area contributed by atoms with Crippen molar-refractivity contribution in [1.29, 1.82) is 0 Å². The van der Waals surface area contributed by atoms with Crippen molar-refractivity contribution in [3.8, 4) is 0 Å². The maximum Gasteiger partial charge on any atom is 0.404 e. The zero-order valence-corrected chi connectivity index (χ0v) is 18.3. The average Bonchev–Trinajstić information content (AvgIpc) is 3.52. The molecule has 32 heavy (non-hydrogen) atoms. The maximum absolute atomic E-state index is 12.6. The van der Waals surface area contributed by atoms with E-state index in [1.165, 1.54) is 0 Å². The molecule has 1 aromatic carbocycles. The quantitative estimate of drug-likeness (QED) is 0.627. The highest BCUT2D eigenvalue weighted by Gasteiger charge is 2.29. The Morgan fingerprint density at radius 1 is 0.938 bits per heavy atom. The number of nitrogens with one attached hydrogen (secondary N) is 1. The SMILES string of the molecule is NC(=O)OC[C@H]1CC[C@H](C(=O)NCCc2ccc(C3OCCO3)c(C3OCCO3)c2)CC1. The number of ether oxygens (including phenoxy) is 5. The average molecular weight is 449 g/mol. The summed E-state index contributed by atoms with van der Waals surface area (Å²) >= 11 is 0. The molecule has 1 aliphatic carbocycles. The number of nitrogens with two attached hydrogens (primary N) is 1. The lowest BCUT2D eigenvalue weighted by Gasteiger charge is -2.27. The van der Waals surface area contributed by atoms with E-state index in [1.54, 1.807) is 0 Å². The number of rotatable bonds is 8. The van der Waals surface area contributed by atoms with Gasteiger partial charge in [0.15, 0.2) is 12.6 Å². The highest BCUT2D eigenvalue weighted by atomic mass is 16.7. The van der Waals surface area contributed by atoms with Crippen molar-refractivity contribution in [2.24, 2.45) is 17.6 Å². The summed E-state index contributed by atoms with van der Waals surface area (Å²) < 4.78 is 27.7. The molecule has 0 radical (unpaired) electrons. The van der Waals surface area contributed by atoms with E-state index in [0.717, 1.165) is 42.4 Å². The molecule has 0 aromatic heterocycles. The largest absolute Gasteiger partial charge is 0.449 e. The van der Waals surface area contributed by atoms with Gasteiger partial charge in [-0.1, -0.05) is 18.2 Å². The van der Waals surface area contributed by atoms with Gasteiger partial charge < -0.3 is 34.7 Å². The van der Waals surface area contributed by atoms with Gasteiger partial charge in [0, 0.05) is 23.6 Å². The predicted molar refractivity (Wildman–Crippen MR) is 113 cm³/mol. The van der Waals surface area contributed by atoms with Gasteiger partial charge in [-0.25, -0.2) is 4.79 Å². The van der Waals surface area contributed by atoms with Gasteiger partial charge in [-0.2, -0.15) is 0 Å². The van der Waals surface area contributed by atoms with E-state index in [0.29, 0.717) is 46.0 Å². The Morgan fingerprint density at radius 3 is 2.19 bits per heavy atom. The molecule has 3 N–H and O–H groups in total. The van der Waals surface area contributed by atoms with Gasteiger partial charge in [-0.05, 0) is 43.6 Å². The van der Waals surface area contributed by atoms with Crippen molar-refractivity contribution < 1.29 is 33.3 Å². The monoisotopic (exact) mass is 448 g/mol. The topological polar surface area (TPSA) is 118 Å². The third-order valence-electron chi connectivity index (χ3n) is 6.29. The van der Waals surface area contributed by atoms with Crippen LogP contribution in [0.25, 0.3) is 0 Å². The third-order valence-corrected chi connectivity index (χ3v) is 6.29. The normalized spacial score (nSPS) is 24.5. The van der Waals surface area contributed by atoms with E-state index in [9.17, 15) is 9.59 Å². The Kier molecular flexibility index (Phi) is 7.96. The van der Waals surface area contributed by atoms with Crippen molar-refractivity contribution in [1.82, 2.24) is 5.32 Å². The highest BCUT2D eigenvalue weighted by Crippen LogP contribution is 2.34. The van der Waals surface area contributed by atoms with Crippen molar-refractivity contribution in [3.05, 3.63) is 34.9 Å². The maximum atomic E-state index is 12.6. The molecule has 9 heteroatoms. The number of hydrogen-bond donors (Lipinski definition) is 2. The molecule has 0 unspecified atom stereocenters. The predicted octanol–water partition coefficient (Wildman–Crippen LogP) is 2.34. The lowest BCUT2D eigenvalue weighted by molar-refractivity contribution is -0.126. The molecule has 3 fully saturated rings. The van der Waals surface area contributed by atoms with Crippen molar-refractivity contribution in [2.45, 2.75) is 44.7 Å². The van der Waals surface area contributed by atoms with Crippen molar-refractivity contribution >= 4 is 12.0 Å². The molecule has 3 aliphatic rings. The first-order valence-electron chi connectivity index (χ1n) is 11.4. The molecule has 0 atom stereocenters. The van der Waals surface area contributed by atoms with Gasteiger partial charge in [0.1, 0.15) is 0 Å². The van der Waals surface area contributed by atoms with Crippen LogP contribution in [0.4, 0.5) is 4.79 Å². The van der Waals surface area contributed by atoms with Crippen molar-refractivity contribution in [3.63, 3.8) is 0 Å². The molecule has 1 saturated carbocycles. The van der Waals surface area contributed by atoms with Crippen LogP contribution in [-0.4, -0.2) is 51.6 Å². The minimum absolute atomic E-state index is 0.00900. The van der Waals surface area contributed by atoms with Crippen LogP contribution in [-0.2, 0) is 34.9 Å². The van der Waals surface area contributed by atoms with E-state index in [2.05, 4.69) is 11.4 Å². The molecule has 0 spiro atoms. The van der Waals surface area contributed by atoms with Gasteiger partial charge in [0.25, 0.3) is 0 Å². The zero-order chi connectivity index (χ0) is 22.3. The molecule has 2 amide bonds. The van der Waals surface area contributed by atoms with E-state index in [4.69, 9.17) is 29.4 Å². The van der Waals surface area contributed by atoms with Crippen LogP contribution in [0.15, 0.2) is 18.2 Å². The fraction of sp³-hybridized carbons (Fsp3) is 0.652. The first-order valence-corrected chi connectivity index (χ1v) is 11.4. The number of carbonyl (C=O) groups excluding carboxylic acids is 2. The minimum atomic E-state index is -0.740. The fourth-order valence-electron chi connectivity index (χ4n) is 4.54. The van der Waals surface area contributed by atoms with E-state index < -0.39 is 18.7 Å². The summed E-state index contributed by atoms with van der Waals surface area (Å²) in [6, 6.07) is 6.10. The zero-order valence-electron chi connectivity index (χ0n) is 18.3. The second-order valence-electron chi connectivity index (χ2n) is 8.50. The second kappa shape index (κ2) is 11.1. The number of amides is 2. The first-order chi connectivity index (χ1) is 15.6. The van der Waals surface area contributed by atoms with Crippen LogP contribution >= 0.6 is 0 Å². The molecule has 9 nitrogen and oxygen atoms in total. The second-order valence-corrected chi connectivity index (χ2v) is 8.50. The summed E-state index contributed by atoms with van der Waals surface area (Å²) in [7, 11) is 0. The molecular weight excluding hydrogens is 416 g/mol. The van der Waals surface area contributed by atoms with E-state index in [1.807, 2.05) is 12.1 Å². The van der Waals surface area contributed by atoms with Gasteiger partial charge in [0.2, 0.25) is 5.91 Å². The number of primary amides is 1. The molecule has 2 aliphatic heterocycles. The first kappa shape index (κ1) is 23.0. The van der Waals surface area contributed by atoms with Gasteiger partial charge in [-0.3, -0.25) is 4.79 Å².